The first-order valence-electron chi connectivity index (χ1n) is 7.76. The summed E-state index contributed by atoms with van der Waals surface area (Å²) in [6.45, 7) is 3.51. The largest absolute Gasteiger partial charge is 0.507 e. The molecule has 0 aromatic heterocycles. The maximum absolute atomic E-state index is 11.9. The maximum Gasteiger partial charge on any atom is 0.342 e. The van der Waals surface area contributed by atoms with E-state index in [1.165, 1.54) is 7.11 Å². The number of aliphatic hydroxyl groups excluding tert-OH is 1. The van der Waals surface area contributed by atoms with E-state index < -0.39 is 17.7 Å². The van der Waals surface area contributed by atoms with Gasteiger partial charge in [0.25, 0.3) is 0 Å². The highest BCUT2D eigenvalue weighted by atomic mass is 16.6. The van der Waals surface area contributed by atoms with Gasteiger partial charge in [-0.1, -0.05) is 0 Å². The molecular formula is C17H20O7. The van der Waals surface area contributed by atoms with E-state index in [0.29, 0.717) is 28.9 Å². The number of fused-ring (bicyclic) bond motifs is 1. The Balaban J connectivity index is 2.02. The summed E-state index contributed by atoms with van der Waals surface area (Å²) in [6, 6.07) is 0. The molecule has 1 aromatic rings. The van der Waals surface area contributed by atoms with Crippen molar-refractivity contribution in [2.45, 2.75) is 51.4 Å². The molecule has 3 rings (SSSR count). The molecule has 0 spiro atoms. The predicted molar refractivity (Wildman–Crippen MR) is 82.0 cm³/mol. The van der Waals surface area contributed by atoms with Gasteiger partial charge in [-0.3, -0.25) is 4.79 Å². The average Bonchev–Trinajstić information content (AvgIpc) is 3.09. The second-order valence-corrected chi connectivity index (χ2v) is 6.42. The van der Waals surface area contributed by atoms with Crippen molar-refractivity contribution < 1.29 is 34.0 Å². The highest BCUT2D eigenvalue weighted by Gasteiger charge is 2.43. The lowest BCUT2D eigenvalue weighted by molar-refractivity contribution is -0.156. The van der Waals surface area contributed by atoms with E-state index in [0.717, 1.165) is 0 Å². The van der Waals surface area contributed by atoms with Crippen LogP contribution in [0, 0.1) is 6.92 Å². The summed E-state index contributed by atoms with van der Waals surface area (Å²) in [4.78, 5) is 23.3. The minimum absolute atomic E-state index is 0.0137. The molecule has 0 bridgehead atoms. The van der Waals surface area contributed by atoms with Crippen LogP contribution < -0.4 is 4.74 Å². The van der Waals surface area contributed by atoms with Gasteiger partial charge in [0.1, 0.15) is 29.3 Å². The van der Waals surface area contributed by atoms with E-state index in [9.17, 15) is 19.8 Å². The Bertz CT molecular complexity index is 724. The molecule has 1 aromatic carbocycles. The molecule has 0 saturated carbocycles. The molecule has 1 saturated heterocycles. The van der Waals surface area contributed by atoms with Gasteiger partial charge in [0.15, 0.2) is 0 Å². The summed E-state index contributed by atoms with van der Waals surface area (Å²) in [6.07, 6.45) is -0.423. The lowest BCUT2D eigenvalue weighted by Gasteiger charge is -2.29. The minimum Gasteiger partial charge on any atom is -0.507 e. The molecule has 2 atom stereocenters. The van der Waals surface area contributed by atoms with Gasteiger partial charge >= 0.3 is 11.9 Å². The van der Waals surface area contributed by atoms with Crippen molar-refractivity contribution in [2.75, 3.05) is 7.11 Å². The van der Waals surface area contributed by atoms with E-state index in [4.69, 9.17) is 14.2 Å². The molecule has 0 aliphatic carbocycles. The van der Waals surface area contributed by atoms with Gasteiger partial charge < -0.3 is 24.4 Å². The van der Waals surface area contributed by atoms with Crippen LogP contribution in [0.15, 0.2) is 0 Å². The summed E-state index contributed by atoms with van der Waals surface area (Å²) in [5, 5.41) is 21.1. The molecule has 2 aliphatic rings. The number of ether oxygens (including phenoxy) is 3. The summed E-state index contributed by atoms with van der Waals surface area (Å²) in [5.41, 5.74) is 0.675. The smallest absolute Gasteiger partial charge is 0.342 e. The topological polar surface area (TPSA) is 102 Å². The molecular weight excluding hydrogens is 316 g/mol. The molecule has 2 N–H and O–H groups in total. The number of benzene rings is 1. The second-order valence-electron chi connectivity index (χ2n) is 6.42. The molecule has 24 heavy (non-hydrogen) atoms. The van der Waals surface area contributed by atoms with Gasteiger partial charge in [-0.25, -0.2) is 4.79 Å². The fourth-order valence-corrected chi connectivity index (χ4v) is 3.38. The molecule has 0 amide bonds. The Kier molecular flexibility index (Phi) is 3.91. The first kappa shape index (κ1) is 16.6. The number of carbonyl (C=O) groups is 2. The van der Waals surface area contributed by atoms with Crippen LogP contribution in [0.1, 0.15) is 46.8 Å². The molecule has 7 heteroatoms. The van der Waals surface area contributed by atoms with Crippen molar-refractivity contribution in [3.63, 3.8) is 0 Å². The van der Waals surface area contributed by atoms with Gasteiger partial charge in [0.05, 0.1) is 13.2 Å². The van der Waals surface area contributed by atoms with Crippen LogP contribution in [0.3, 0.4) is 0 Å². The zero-order valence-electron chi connectivity index (χ0n) is 13.8. The highest BCUT2D eigenvalue weighted by Crippen LogP contribution is 2.43. The summed E-state index contributed by atoms with van der Waals surface area (Å²) in [7, 11) is 1.46. The number of cyclic esters (lactones) is 2. The maximum atomic E-state index is 11.9. The molecule has 0 unspecified atom stereocenters. The Morgan fingerprint density at radius 1 is 1.38 bits per heavy atom. The fraction of sp³-hybridized carbons (Fsp3) is 0.529. The Morgan fingerprint density at radius 3 is 2.67 bits per heavy atom. The van der Waals surface area contributed by atoms with Crippen LogP contribution in [-0.2, 0) is 27.3 Å². The second kappa shape index (κ2) is 5.66. The quantitative estimate of drug-likeness (QED) is 0.801. The molecule has 2 heterocycles. The van der Waals surface area contributed by atoms with E-state index in [1.807, 2.05) is 0 Å². The fourth-order valence-electron chi connectivity index (χ4n) is 3.38. The standard InChI is InChI=1S/C17H20O7/c1-8-10-7-23-16(21)13(10)14(20)9(15(8)22-3)6-11(18)17(2)5-4-12(19)24-17/h11,18,20H,4-7H2,1-3H3/t11-,17+/m0/s1. The number of hydrogen-bond donors (Lipinski definition) is 2. The van der Waals surface area contributed by atoms with Crippen molar-refractivity contribution in [1.29, 1.82) is 0 Å². The van der Waals surface area contributed by atoms with Gasteiger partial charge in [-0.15, -0.1) is 0 Å². The van der Waals surface area contributed by atoms with E-state index >= 15 is 0 Å². The van der Waals surface area contributed by atoms with Crippen molar-refractivity contribution in [2.24, 2.45) is 0 Å². The Hall–Kier alpha value is -2.28. The third kappa shape index (κ3) is 2.39. The van der Waals surface area contributed by atoms with Crippen LogP contribution in [0.5, 0.6) is 11.5 Å². The van der Waals surface area contributed by atoms with E-state index in [2.05, 4.69) is 0 Å². The van der Waals surface area contributed by atoms with Crippen LogP contribution >= 0.6 is 0 Å². The van der Waals surface area contributed by atoms with Crippen molar-refractivity contribution in [1.82, 2.24) is 0 Å². The summed E-state index contributed by atoms with van der Waals surface area (Å²) >= 11 is 0. The number of phenols is 1. The molecule has 7 nitrogen and oxygen atoms in total. The van der Waals surface area contributed by atoms with Crippen molar-refractivity contribution >= 4 is 11.9 Å². The number of esters is 2. The molecule has 1 fully saturated rings. The zero-order chi connectivity index (χ0) is 17.6. The van der Waals surface area contributed by atoms with E-state index in [-0.39, 0.29) is 36.7 Å². The summed E-state index contributed by atoms with van der Waals surface area (Å²) < 4.78 is 15.6. The Labute approximate surface area is 139 Å². The van der Waals surface area contributed by atoms with Crippen molar-refractivity contribution in [3.8, 4) is 11.5 Å². The number of aliphatic hydroxyl groups is 1. The van der Waals surface area contributed by atoms with Crippen LogP contribution in [0.2, 0.25) is 0 Å². The highest BCUT2D eigenvalue weighted by molar-refractivity contribution is 5.98. The van der Waals surface area contributed by atoms with Gasteiger partial charge in [0, 0.05) is 24.0 Å². The monoisotopic (exact) mass is 336 g/mol. The lowest BCUT2D eigenvalue weighted by atomic mass is 9.87. The molecule has 130 valence electrons. The SMILES string of the molecule is COc1c(C)c2c(c(O)c1C[C@H](O)[C@@]1(C)CCC(=O)O1)C(=O)OC2. The predicted octanol–water partition coefficient (Wildman–Crippen LogP) is 1.38. The third-order valence-electron chi connectivity index (χ3n) is 4.92. The zero-order valence-corrected chi connectivity index (χ0v) is 13.8. The van der Waals surface area contributed by atoms with Crippen LogP contribution in [0.25, 0.3) is 0 Å². The van der Waals surface area contributed by atoms with Gasteiger partial charge in [-0.2, -0.15) is 0 Å². The summed E-state index contributed by atoms with van der Waals surface area (Å²) in [5.74, 6) is -0.803. The average molecular weight is 336 g/mol. The van der Waals surface area contributed by atoms with E-state index in [1.54, 1.807) is 13.8 Å². The van der Waals surface area contributed by atoms with Crippen LogP contribution in [0.4, 0.5) is 0 Å². The third-order valence-corrected chi connectivity index (χ3v) is 4.92. The first-order chi connectivity index (χ1) is 11.3. The normalized spacial score (nSPS) is 23.7. The number of hydrogen-bond acceptors (Lipinski definition) is 7. The van der Waals surface area contributed by atoms with Gasteiger partial charge in [-0.05, 0) is 25.8 Å². The molecule has 2 aliphatic heterocycles. The van der Waals surface area contributed by atoms with Crippen LogP contribution in [-0.4, -0.2) is 41.0 Å². The number of aromatic hydroxyl groups is 1. The number of phenolic OH excluding ortho intramolecular Hbond substituents is 1. The van der Waals surface area contributed by atoms with Gasteiger partial charge in [0.2, 0.25) is 0 Å². The molecule has 0 radical (unpaired) electrons. The first-order valence-corrected chi connectivity index (χ1v) is 7.76. The number of carbonyl (C=O) groups excluding carboxylic acids is 2. The number of rotatable bonds is 4. The lowest BCUT2D eigenvalue weighted by Crippen LogP contribution is -2.40. The Morgan fingerprint density at radius 2 is 2.08 bits per heavy atom. The van der Waals surface area contributed by atoms with Crippen molar-refractivity contribution in [3.05, 3.63) is 22.3 Å². The minimum atomic E-state index is -1.04. The number of methoxy groups -OCH3 is 1.